The van der Waals surface area contributed by atoms with Gasteiger partial charge in [0, 0.05) is 0 Å². The van der Waals surface area contributed by atoms with E-state index in [9.17, 15) is 9.59 Å². The normalized spacial score (nSPS) is 10.1. The summed E-state index contributed by atoms with van der Waals surface area (Å²) in [6, 6.07) is 0. The van der Waals surface area contributed by atoms with Crippen LogP contribution in [0.2, 0.25) is 4.73 Å². The number of hydrogen-bond donors (Lipinski definition) is 1. The molecule has 0 saturated carbocycles. The molecule has 0 bridgehead atoms. The predicted octanol–water partition coefficient (Wildman–Crippen LogP) is 0.871. The van der Waals surface area contributed by atoms with Crippen LogP contribution in [0.4, 0.5) is 0 Å². The van der Waals surface area contributed by atoms with Gasteiger partial charge in [0.15, 0.2) is 0 Å². The molecule has 0 aliphatic rings. The van der Waals surface area contributed by atoms with E-state index in [0.29, 0.717) is 24.5 Å². The Kier molecular flexibility index (Phi) is 9.20. The van der Waals surface area contributed by atoms with Crippen LogP contribution in [0, 0.1) is 0 Å². The van der Waals surface area contributed by atoms with Gasteiger partial charge in [-0.3, -0.25) is 0 Å². The molecule has 2 N–H and O–H groups in total. The molecule has 0 aromatic carbocycles. The zero-order valence-corrected chi connectivity index (χ0v) is 11.1. The zero-order chi connectivity index (χ0) is 11.7. The van der Waals surface area contributed by atoms with E-state index in [0.717, 1.165) is 12.8 Å². The molecule has 0 fully saturated rings. The molecule has 0 amide bonds. The van der Waals surface area contributed by atoms with Gasteiger partial charge in [-0.25, -0.2) is 0 Å². The van der Waals surface area contributed by atoms with Gasteiger partial charge >= 0.3 is 97.3 Å². The number of carbonyl (C=O) groups is 2. The third kappa shape index (κ3) is 7.85. The fraction of sp³-hybridized carbons (Fsp3) is 0.800. The third-order valence-corrected chi connectivity index (χ3v) is 5.84. The number of carbonyl (C=O) groups excluding carboxylic acids is 2. The first-order valence-electron chi connectivity index (χ1n) is 5.25. The van der Waals surface area contributed by atoms with Crippen molar-refractivity contribution in [3.63, 3.8) is 0 Å². The summed E-state index contributed by atoms with van der Waals surface area (Å²) in [4.78, 5) is 22.3. The monoisotopic (exact) mass is 250 g/mol. The Morgan fingerprint density at radius 3 is 2.20 bits per heavy atom. The molecule has 0 aromatic rings. The molecule has 0 unspecified atom stereocenters. The average molecular weight is 250 g/mol. The van der Waals surface area contributed by atoms with E-state index in [1.54, 1.807) is 0 Å². The molecule has 0 heterocycles. The van der Waals surface area contributed by atoms with E-state index in [4.69, 9.17) is 10.5 Å². The summed E-state index contributed by atoms with van der Waals surface area (Å²) in [6.45, 7) is 4.94. The fourth-order valence-corrected chi connectivity index (χ4v) is 3.64. The molecule has 4 nitrogen and oxygen atoms in total. The second kappa shape index (κ2) is 9.22. The van der Waals surface area contributed by atoms with Crippen molar-refractivity contribution >= 4 is 8.18 Å². The van der Waals surface area contributed by atoms with Gasteiger partial charge in [0.25, 0.3) is 0 Å². The number of nitrogens with two attached hydrogens (primary N) is 1. The quantitative estimate of drug-likeness (QED) is 0.487. The van der Waals surface area contributed by atoms with E-state index >= 15 is 0 Å². The van der Waals surface area contributed by atoms with Crippen molar-refractivity contribution in [3.8, 4) is 0 Å². The van der Waals surface area contributed by atoms with Crippen LogP contribution in [-0.4, -0.2) is 27.9 Å². The molecule has 0 atom stereocenters. The van der Waals surface area contributed by atoms with Crippen molar-refractivity contribution in [3.05, 3.63) is 0 Å². The second-order valence-corrected chi connectivity index (χ2v) is 7.92. The van der Waals surface area contributed by atoms with Crippen LogP contribution in [0.3, 0.4) is 0 Å². The Morgan fingerprint density at radius 2 is 1.73 bits per heavy atom. The topological polar surface area (TPSA) is 69.4 Å². The molecule has 0 aliphatic heterocycles. The fourth-order valence-electron chi connectivity index (χ4n) is 1.22. The Balaban J connectivity index is 3.55. The predicted molar refractivity (Wildman–Crippen MR) is 55.3 cm³/mol. The van der Waals surface area contributed by atoms with Gasteiger partial charge in [-0.2, -0.15) is 0 Å². The molecule has 87 valence electrons. The minimum atomic E-state index is -2.14. The summed E-state index contributed by atoms with van der Waals surface area (Å²) in [6.07, 6.45) is 1.91. The van der Waals surface area contributed by atoms with Crippen molar-refractivity contribution in [2.45, 2.75) is 31.4 Å². The molecule has 0 spiro atoms. The standard InChI is InChI=1S/C6H14NO.2C2H3O.Ti/c1-2-8-6-4-3-5-7;2*1-2-3;/h1-7H2;2*1H3;. The van der Waals surface area contributed by atoms with Crippen molar-refractivity contribution < 1.29 is 32.2 Å². The molecule has 0 radical (unpaired) electrons. The second-order valence-electron chi connectivity index (χ2n) is 3.45. The first-order chi connectivity index (χ1) is 7.09. The Labute approximate surface area is 97.4 Å². The van der Waals surface area contributed by atoms with Gasteiger partial charge in [0.05, 0.1) is 0 Å². The molecule has 0 aromatic heterocycles. The maximum atomic E-state index is 11.1. The summed E-state index contributed by atoms with van der Waals surface area (Å²) < 4.78 is 6.19. The van der Waals surface area contributed by atoms with Crippen molar-refractivity contribution in [2.75, 3.05) is 19.8 Å². The zero-order valence-electron chi connectivity index (χ0n) is 9.54. The summed E-state index contributed by atoms with van der Waals surface area (Å²) >= 11 is -2.14. The average Bonchev–Trinajstić information content (AvgIpc) is 2.15. The van der Waals surface area contributed by atoms with Crippen LogP contribution in [-0.2, 0) is 32.2 Å². The van der Waals surface area contributed by atoms with Crippen molar-refractivity contribution in [2.24, 2.45) is 5.73 Å². The van der Waals surface area contributed by atoms with Gasteiger partial charge in [0.1, 0.15) is 0 Å². The van der Waals surface area contributed by atoms with Crippen molar-refractivity contribution in [1.29, 1.82) is 0 Å². The SMILES string of the molecule is C[C](=O)[Ti]([CH2]COCCCCN)[C](C)=O. The van der Waals surface area contributed by atoms with Crippen LogP contribution < -0.4 is 5.73 Å². The Hall–Kier alpha value is -0.0257. The van der Waals surface area contributed by atoms with Gasteiger partial charge < -0.3 is 0 Å². The summed E-state index contributed by atoms with van der Waals surface area (Å²) in [7, 11) is 0. The van der Waals surface area contributed by atoms with Gasteiger partial charge in [-0.1, -0.05) is 0 Å². The van der Waals surface area contributed by atoms with Crippen LogP contribution in [0.5, 0.6) is 0 Å². The van der Waals surface area contributed by atoms with Gasteiger partial charge in [0.2, 0.25) is 0 Å². The first kappa shape index (κ1) is 15.0. The number of rotatable bonds is 9. The minimum absolute atomic E-state index is 0.0908. The van der Waals surface area contributed by atoms with E-state index < -0.39 is 17.9 Å². The molecule has 0 rings (SSSR count). The number of unbranched alkanes of at least 4 members (excludes halogenated alkanes) is 1. The summed E-state index contributed by atoms with van der Waals surface area (Å²) in [5, 5.41) is 0. The van der Waals surface area contributed by atoms with Crippen LogP contribution >= 0.6 is 0 Å². The maximum absolute atomic E-state index is 11.1. The van der Waals surface area contributed by atoms with Crippen LogP contribution in [0.25, 0.3) is 0 Å². The molecule has 15 heavy (non-hydrogen) atoms. The summed E-state index contributed by atoms with van der Waals surface area (Å²) in [5.74, 6) is 0. The summed E-state index contributed by atoms with van der Waals surface area (Å²) in [5.41, 5.74) is 5.33. The molecular formula is C10H20NO3Ti. The molecule has 5 heteroatoms. The Morgan fingerprint density at radius 1 is 1.13 bits per heavy atom. The van der Waals surface area contributed by atoms with E-state index in [2.05, 4.69) is 0 Å². The van der Waals surface area contributed by atoms with Gasteiger partial charge in [-0.15, -0.1) is 0 Å². The molecule has 0 saturated heterocycles. The molecular weight excluding hydrogens is 230 g/mol. The third-order valence-electron chi connectivity index (χ3n) is 2.09. The van der Waals surface area contributed by atoms with E-state index in [-0.39, 0.29) is 8.18 Å². The number of hydrogen-bond acceptors (Lipinski definition) is 4. The van der Waals surface area contributed by atoms with Crippen LogP contribution in [0.15, 0.2) is 0 Å². The number of ether oxygens (including phenoxy) is 1. The Bertz CT molecular complexity index is 195. The van der Waals surface area contributed by atoms with Crippen molar-refractivity contribution in [1.82, 2.24) is 0 Å². The van der Waals surface area contributed by atoms with Crippen LogP contribution in [0.1, 0.15) is 26.7 Å². The van der Waals surface area contributed by atoms with Gasteiger partial charge in [-0.05, 0) is 0 Å². The van der Waals surface area contributed by atoms with E-state index in [1.165, 1.54) is 13.8 Å². The van der Waals surface area contributed by atoms with E-state index in [1.807, 2.05) is 0 Å². The first-order valence-corrected chi connectivity index (χ1v) is 7.91. The molecule has 0 aliphatic carbocycles.